The zero-order chi connectivity index (χ0) is 19.9. The van der Waals surface area contributed by atoms with E-state index in [4.69, 9.17) is 11.6 Å². The van der Waals surface area contributed by atoms with Crippen molar-refractivity contribution in [3.8, 4) is 11.1 Å². The minimum Gasteiger partial charge on any atom is -0.481 e. The summed E-state index contributed by atoms with van der Waals surface area (Å²) in [5, 5.41) is 9.41. The van der Waals surface area contributed by atoms with E-state index in [0.717, 1.165) is 6.07 Å². The topological polar surface area (TPSA) is 71.4 Å². The first-order valence-corrected chi connectivity index (χ1v) is 9.54. The van der Waals surface area contributed by atoms with Crippen LogP contribution >= 0.6 is 11.6 Å². The summed E-state index contributed by atoms with van der Waals surface area (Å²) in [6.45, 7) is 1.26. The lowest BCUT2D eigenvalue weighted by Crippen LogP contribution is -2.16. The second-order valence-corrected chi connectivity index (χ2v) is 8.14. The predicted molar refractivity (Wildman–Crippen MR) is 91.1 cm³/mol. The van der Waals surface area contributed by atoms with Crippen molar-refractivity contribution in [2.45, 2.75) is 23.9 Å². The highest BCUT2D eigenvalue weighted by molar-refractivity contribution is 7.90. The molecule has 0 aliphatic carbocycles. The van der Waals surface area contributed by atoms with Crippen molar-refractivity contribution in [3.05, 3.63) is 52.5 Å². The van der Waals surface area contributed by atoms with Gasteiger partial charge in [-0.25, -0.2) is 8.42 Å². The number of sulfone groups is 1. The summed E-state index contributed by atoms with van der Waals surface area (Å²) >= 11 is 6.06. The van der Waals surface area contributed by atoms with Crippen LogP contribution in [0.15, 0.2) is 41.3 Å². The van der Waals surface area contributed by atoms with E-state index in [0.29, 0.717) is 12.3 Å². The molecule has 1 atom stereocenters. The van der Waals surface area contributed by atoms with E-state index in [1.165, 1.54) is 25.1 Å². The predicted octanol–water partition coefficient (Wildman–Crippen LogP) is 4.62. The maximum absolute atomic E-state index is 13.5. The molecule has 0 aliphatic rings. The molecule has 2 aromatic rings. The highest BCUT2D eigenvalue weighted by Crippen LogP contribution is 2.42. The van der Waals surface area contributed by atoms with Crippen LogP contribution < -0.4 is 0 Å². The van der Waals surface area contributed by atoms with E-state index in [2.05, 4.69) is 0 Å². The van der Waals surface area contributed by atoms with Gasteiger partial charge >= 0.3 is 12.1 Å². The minimum absolute atomic E-state index is 0.0703. The number of hydrogen-bond acceptors (Lipinski definition) is 3. The molecule has 0 amide bonds. The lowest BCUT2D eigenvalue weighted by molar-refractivity contribution is -0.139. The number of halogens is 4. The fraction of sp³-hybridized carbons (Fsp3) is 0.235. The van der Waals surface area contributed by atoms with E-state index >= 15 is 0 Å². The number of carbonyl (C=O) groups is 1. The standard InChI is InChI=1S/C17H14ClF3O4S/c1-9(16(22)23)11-8-15(26(2,24)25)13(17(19,20)21)7-12(11)10-5-3-4-6-14(10)18/h3-9H,1-2H3,(H,22,23). The number of carboxylic acids is 1. The number of hydrogen-bond donors (Lipinski definition) is 1. The highest BCUT2D eigenvalue weighted by Gasteiger charge is 2.38. The van der Waals surface area contributed by atoms with Crippen LogP contribution in [-0.2, 0) is 20.8 Å². The van der Waals surface area contributed by atoms with Crippen molar-refractivity contribution >= 4 is 27.4 Å². The van der Waals surface area contributed by atoms with Gasteiger partial charge in [0.25, 0.3) is 0 Å². The van der Waals surface area contributed by atoms with Gasteiger partial charge in [-0.15, -0.1) is 0 Å². The Bertz CT molecular complexity index is 968. The molecule has 1 unspecified atom stereocenters. The Labute approximate surface area is 153 Å². The van der Waals surface area contributed by atoms with Gasteiger partial charge < -0.3 is 5.11 Å². The van der Waals surface area contributed by atoms with Crippen LogP contribution in [-0.4, -0.2) is 25.7 Å². The third kappa shape index (κ3) is 4.02. The van der Waals surface area contributed by atoms with Crippen LogP contribution in [0, 0.1) is 0 Å². The summed E-state index contributed by atoms with van der Waals surface area (Å²) in [6.07, 6.45) is -4.30. The SMILES string of the molecule is CC(C(=O)O)c1cc(S(C)(=O)=O)c(C(F)(F)F)cc1-c1ccccc1Cl. The second-order valence-electron chi connectivity index (χ2n) is 5.75. The normalized spacial score (nSPS) is 13.5. The maximum atomic E-state index is 13.5. The number of carboxylic acid groups (broad SMARTS) is 1. The largest absolute Gasteiger partial charge is 0.481 e. The number of aliphatic carboxylic acids is 1. The van der Waals surface area contributed by atoms with Gasteiger partial charge in [-0.3, -0.25) is 4.79 Å². The molecule has 0 fully saturated rings. The molecule has 0 aromatic heterocycles. The van der Waals surface area contributed by atoms with Crippen molar-refractivity contribution in [1.29, 1.82) is 0 Å². The number of alkyl halides is 3. The van der Waals surface area contributed by atoms with Gasteiger partial charge in [0.05, 0.1) is 16.4 Å². The summed E-state index contributed by atoms with van der Waals surface area (Å²) in [6, 6.07) is 7.41. The molecule has 26 heavy (non-hydrogen) atoms. The summed E-state index contributed by atoms with van der Waals surface area (Å²) in [4.78, 5) is 10.4. The van der Waals surface area contributed by atoms with E-state index in [1.807, 2.05) is 0 Å². The molecule has 0 saturated carbocycles. The smallest absolute Gasteiger partial charge is 0.417 e. The Morgan fingerprint density at radius 3 is 2.19 bits per heavy atom. The molecular weight excluding hydrogens is 393 g/mol. The molecule has 0 saturated heterocycles. The molecule has 1 N–H and O–H groups in total. The number of benzene rings is 2. The first-order valence-electron chi connectivity index (χ1n) is 7.27. The molecule has 2 rings (SSSR count). The Hall–Kier alpha value is -2.06. The summed E-state index contributed by atoms with van der Waals surface area (Å²) in [5.74, 6) is -2.55. The lowest BCUT2D eigenvalue weighted by Gasteiger charge is -2.20. The van der Waals surface area contributed by atoms with Crippen LogP contribution in [0.5, 0.6) is 0 Å². The van der Waals surface area contributed by atoms with E-state index in [-0.39, 0.29) is 21.7 Å². The molecule has 9 heteroatoms. The molecule has 4 nitrogen and oxygen atoms in total. The van der Waals surface area contributed by atoms with Crippen LogP contribution in [0.1, 0.15) is 24.0 Å². The lowest BCUT2D eigenvalue weighted by atomic mass is 9.90. The van der Waals surface area contributed by atoms with Crippen LogP contribution in [0.2, 0.25) is 5.02 Å². The molecule has 0 bridgehead atoms. The van der Waals surface area contributed by atoms with Gasteiger partial charge in [0.1, 0.15) is 0 Å². The first-order chi connectivity index (χ1) is 11.8. The maximum Gasteiger partial charge on any atom is 0.417 e. The highest BCUT2D eigenvalue weighted by atomic mass is 35.5. The average molecular weight is 407 g/mol. The Kier molecular flexibility index (Phi) is 5.39. The molecule has 140 valence electrons. The zero-order valence-electron chi connectivity index (χ0n) is 13.6. The Morgan fingerprint density at radius 1 is 1.15 bits per heavy atom. The van der Waals surface area contributed by atoms with Gasteiger partial charge in [-0.05, 0) is 36.2 Å². The van der Waals surface area contributed by atoms with Gasteiger partial charge in [-0.2, -0.15) is 13.2 Å². The molecule has 0 radical (unpaired) electrons. The summed E-state index contributed by atoms with van der Waals surface area (Å²) in [5.41, 5.74) is -1.33. The van der Waals surface area contributed by atoms with E-state index < -0.39 is 38.4 Å². The van der Waals surface area contributed by atoms with Gasteiger partial charge in [0, 0.05) is 16.8 Å². The third-order valence-corrected chi connectivity index (χ3v) is 5.32. The molecule has 0 aliphatic heterocycles. The van der Waals surface area contributed by atoms with Gasteiger partial charge in [-0.1, -0.05) is 29.8 Å². The van der Waals surface area contributed by atoms with Crippen molar-refractivity contribution in [3.63, 3.8) is 0 Å². The summed E-state index contributed by atoms with van der Waals surface area (Å²) in [7, 11) is -4.25. The van der Waals surface area contributed by atoms with E-state index in [9.17, 15) is 31.5 Å². The van der Waals surface area contributed by atoms with Crippen LogP contribution in [0.3, 0.4) is 0 Å². The zero-order valence-corrected chi connectivity index (χ0v) is 15.2. The number of rotatable bonds is 4. The fourth-order valence-electron chi connectivity index (χ4n) is 2.53. The Balaban J connectivity index is 2.98. The second kappa shape index (κ2) is 6.92. The molecule has 0 spiro atoms. The fourth-order valence-corrected chi connectivity index (χ4v) is 3.68. The van der Waals surface area contributed by atoms with Crippen molar-refractivity contribution in [2.75, 3.05) is 6.26 Å². The quantitative estimate of drug-likeness (QED) is 0.804. The van der Waals surface area contributed by atoms with Crippen molar-refractivity contribution in [2.24, 2.45) is 0 Å². The monoisotopic (exact) mass is 406 g/mol. The van der Waals surface area contributed by atoms with Crippen molar-refractivity contribution in [1.82, 2.24) is 0 Å². The van der Waals surface area contributed by atoms with E-state index in [1.54, 1.807) is 6.07 Å². The van der Waals surface area contributed by atoms with Gasteiger partial charge in [0.15, 0.2) is 9.84 Å². The first kappa shape index (κ1) is 20.3. The van der Waals surface area contributed by atoms with Crippen LogP contribution in [0.4, 0.5) is 13.2 Å². The average Bonchev–Trinajstić information content (AvgIpc) is 2.51. The Morgan fingerprint density at radius 2 is 1.73 bits per heavy atom. The molecule has 2 aromatic carbocycles. The minimum atomic E-state index is -4.95. The third-order valence-electron chi connectivity index (χ3n) is 3.86. The summed E-state index contributed by atoms with van der Waals surface area (Å²) < 4.78 is 64.1. The van der Waals surface area contributed by atoms with Crippen LogP contribution in [0.25, 0.3) is 11.1 Å². The van der Waals surface area contributed by atoms with Crippen molar-refractivity contribution < 1.29 is 31.5 Å². The molecular formula is C17H14ClF3O4S. The molecule has 0 heterocycles. The van der Waals surface area contributed by atoms with Gasteiger partial charge in [0.2, 0.25) is 0 Å².